The molecule has 1 aromatic carbocycles. The molecule has 7 heteroatoms. The van der Waals surface area contributed by atoms with Gasteiger partial charge in [-0.05, 0) is 19.1 Å². The van der Waals surface area contributed by atoms with E-state index in [1.165, 1.54) is 19.9 Å². The van der Waals surface area contributed by atoms with Crippen molar-refractivity contribution >= 4 is 17.6 Å². The van der Waals surface area contributed by atoms with Gasteiger partial charge in [0, 0.05) is 25.6 Å². The number of hydrazine groups is 1. The van der Waals surface area contributed by atoms with Crippen LogP contribution in [0.2, 0.25) is 0 Å². The van der Waals surface area contributed by atoms with Crippen molar-refractivity contribution < 1.29 is 24.2 Å². The molecule has 0 unspecified atom stereocenters. The molecule has 0 atom stereocenters. The van der Waals surface area contributed by atoms with E-state index in [9.17, 15) is 14.7 Å². The molecule has 0 aromatic heterocycles. The SMILES string of the molecule is C/C(=C/C(O)=C1C(=O)OC(C)(C)OC1=O)NNc1ccccc1. The van der Waals surface area contributed by atoms with E-state index < -0.39 is 29.1 Å². The van der Waals surface area contributed by atoms with Gasteiger partial charge < -0.3 is 25.4 Å². The van der Waals surface area contributed by atoms with Gasteiger partial charge in [0.2, 0.25) is 0 Å². The minimum Gasteiger partial charge on any atom is -0.507 e. The maximum Gasteiger partial charge on any atom is 0.352 e. The van der Waals surface area contributed by atoms with Crippen molar-refractivity contribution in [2.75, 3.05) is 5.43 Å². The molecule has 0 saturated carbocycles. The number of hydrogen-bond acceptors (Lipinski definition) is 7. The number of allylic oxidation sites excluding steroid dienone is 2. The van der Waals surface area contributed by atoms with Crippen molar-refractivity contribution in [1.82, 2.24) is 5.43 Å². The molecule has 1 fully saturated rings. The fraction of sp³-hybridized carbons (Fsp3) is 0.250. The van der Waals surface area contributed by atoms with Crippen molar-refractivity contribution in [3.8, 4) is 0 Å². The van der Waals surface area contributed by atoms with Gasteiger partial charge >= 0.3 is 11.9 Å². The maximum absolute atomic E-state index is 11.8. The summed E-state index contributed by atoms with van der Waals surface area (Å²) in [6.45, 7) is 4.52. The highest BCUT2D eigenvalue weighted by Gasteiger charge is 2.40. The summed E-state index contributed by atoms with van der Waals surface area (Å²) in [5.41, 5.74) is 6.48. The third-order valence-corrected chi connectivity index (χ3v) is 2.87. The molecule has 2 rings (SSSR count). The summed E-state index contributed by atoms with van der Waals surface area (Å²) in [5.74, 6) is -3.73. The van der Waals surface area contributed by atoms with Crippen LogP contribution in [0.1, 0.15) is 20.8 Å². The van der Waals surface area contributed by atoms with Crippen LogP contribution >= 0.6 is 0 Å². The monoisotopic (exact) mass is 318 g/mol. The number of para-hydroxylation sites is 1. The number of ether oxygens (including phenoxy) is 2. The zero-order chi connectivity index (χ0) is 17.0. The van der Waals surface area contributed by atoms with Crippen molar-refractivity contribution in [1.29, 1.82) is 0 Å². The summed E-state index contributed by atoms with van der Waals surface area (Å²) in [5, 5.41) is 9.99. The fourth-order valence-corrected chi connectivity index (χ4v) is 1.87. The lowest BCUT2D eigenvalue weighted by molar-refractivity contribution is -0.222. The Bertz CT molecular complexity index is 655. The molecule has 1 aliphatic rings. The van der Waals surface area contributed by atoms with Crippen LogP contribution in [-0.2, 0) is 19.1 Å². The standard InChI is InChI=1S/C16H18N2O5/c1-10(17-18-11-7-5-4-6-8-11)9-12(19)13-14(20)22-16(2,3)23-15(13)21/h4-9,17-19H,1-3H3/b10-9-. The molecule has 0 aliphatic carbocycles. The van der Waals surface area contributed by atoms with Gasteiger partial charge in [-0.25, -0.2) is 9.59 Å². The summed E-state index contributed by atoms with van der Waals surface area (Å²) in [6.07, 6.45) is 1.23. The molecule has 0 bridgehead atoms. The number of esters is 2. The van der Waals surface area contributed by atoms with Gasteiger partial charge in [-0.1, -0.05) is 18.2 Å². The highest BCUT2D eigenvalue weighted by Crippen LogP contribution is 2.24. The van der Waals surface area contributed by atoms with Gasteiger partial charge in [0.15, 0.2) is 5.57 Å². The fourth-order valence-electron chi connectivity index (χ4n) is 1.87. The lowest BCUT2D eigenvalue weighted by Gasteiger charge is -2.29. The first kappa shape index (κ1) is 16.4. The summed E-state index contributed by atoms with van der Waals surface area (Å²) >= 11 is 0. The van der Waals surface area contributed by atoms with E-state index in [4.69, 9.17) is 9.47 Å². The number of hydrogen-bond donors (Lipinski definition) is 3. The molecule has 122 valence electrons. The van der Waals surface area contributed by atoms with E-state index >= 15 is 0 Å². The van der Waals surface area contributed by atoms with E-state index in [0.29, 0.717) is 5.70 Å². The van der Waals surface area contributed by atoms with E-state index in [1.54, 1.807) is 6.92 Å². The molecular weight excluding hydrogens is 300 g/mol. The first-order valence-electron chi connectivity index (χ1n) is 6.94. The number of nitrogens with one attached hydrogen (secondary N) is 2. The second-order valence-electron chi connectivity index (χ2n) is 5.38. The number of benzene rings is 1. The van der Waals surface area contributed by atoms with Crippen molar-refractivity contribution in [2.24, 2.45) is 0 Å². The minimum atomic E-state index is -1.34. The summed E-state index contributed by atoms with van der Waals surface area (Å²) in [6, 6.07) is 9.29. The van der Waals surface area contributed by atoms with Gasteiger partial charge in [-0.15, -0.1) is 0 Å². The van der Waals surface area contributed by atoms with Crippen LogP contribution in [0.3, 0.4) is 0 Å². The molecular formula is C16H18N2O5. The largest absolute Gasteiger partial charge is 0.507 e. The number of aliphatic hydroxyl groups excluding tert-OH is 1. The third kappa shape index (κ3) is 4.26. The van der Waals surface area contributed by atoms with Crippen LogP contribution in [0.5, 0.6) is 0 Å². The van der Waals surface area contributed by atoms with Gasteiger partial charge in [-0.2, -0.15) is 0 Å². The Morgan fingerprint density at radius 1 is 1.13 bits per heavy atom. The van der Waals surface area contributed by atoms with E-state index in [2.05, 4.69) is 10.9 Å². The molecule has 3 N–H and O–H groups in total. The van der Waals surface area contributed by atoms with Crippen molar-refractivity contribution in [3.05, 3.63) is 53.4 Å². The lowest BCUT2D eigenvalue weighted by atomic mass is 10.1. The Morgan fingerprint density at radius 3 is 2.26 bits per heavy atom. The van der Waals surface area contributed by atoms with Gasteiger partial charge in [-0.3, -0.25) is 0 Å². The van der Waals surface area contributed by atoms with Gasteiger partial charge in [0.25, 0.3) is 5.79 Å². The van der Waals surface area contributed by atoms with E-state index in [-0.39, 0.29) is 0 Å². The van der Waals surface area contributed by atoms with Crippen LogP contribution < -0.4 is 10.9 Å². The van der Waals surface area contributed by atoms with Gasteiger partial charge in [0.1, 0.15) is 5.76 Å². The topological polar surface area (TPSA) is 96.9 Å². The second-order valence-corrected chi connectivity index (χ2v) is 5.38. The van der Waals surface area contributed by atoms with Crippen LogP contribution in [0.4, 0.5) is 5.69 Å². The Hall–Kier alpha value is -2.96. The molecule has 1 saturated heterocycles. The second kappa shape index (κ2) is 6.43. The van der Waals surface area contributed by atoms with E-state index in [0.717, 1.165) is 5.69 Å². The maximum atomic E-state index is 11.8. The predicted octanol–water partition coefficient (Wildman–Crippen LogP) is 2.16. The number of anilines is 1. The Balaban J connectivity index is 2.10. The molecule has 23 heavy (non-hydrogen) atoms. The molecule has 1 aromatic rings. The molecule has 1 aliphatic heterocycles. The van der Waals surface area contributed by atoms with Crippen LogP contribution in [0.25, 0.3) is 0 Å². The molecule has 0 amide bonds. The minimum absolute atomic E-state index is 0.476. The highest BCUT2D eigenvalue weighted by molar-refractivity contribution is 6.16. The summed E-state index contributed by atoms with van der Waals surface area (Å²) in [4.78, 5) is 23.6. The lowest BCUT2D eigenvalue weighted by Crippen LogP contribution is -2.42. The zero-order valence-corrected chi connectivity index (χ0v) is 13.0. The molecule has 0 radical (unpaired) electrons. The molecule has 1 heterocycles. The number of carbonyl (C=O) groups is 2. The molecule has 7 nitrogen and oxygen atoms in total. The zero-order valence-electron chi connectivity index (χ0n) is 13.0. The van der Waals surface area contributed by atoms with Crippen LogP contribution in [0, 0.1) is 0 Å². The Morgan fingerprint density at radius 2 is 1.70 bits per heavy atom. The smallest absolute Gasteiger partial charge is 0.352 e. The number of carbonyl (C=O) groups excluding carboxylic acids is 2. The van der Waals surface area contributed by atoms with Gasteiger partial charge in [0.05, 0.1) is 5.69 Å². The van der Waals surface area contributed by atoms with Crippen LogP contribution in [-0.4, -0.2) is 22.8 Å². The molecule has 0 spiro atoms. The number of rotatable bonds is 4. The Kier molecular flexibility index (Phi) is 4.59. The average molecular weight is 318 g/mol. The van der Waals surface area contributed by atoms with Crippen LogP contribution in [0.15, 0.2) is 53.4 Å². The average Bonchev–Trinajstić information content (AvgIpc) is 2.44. The summed E-state index contributed by atoms with van der Waals surface area (Å²) < 4.78 is 9.85. The van der Waals surface area contributed by atoms with Crippen molar-refractivity contribution in [3.63, 3.8) is 0 Å². The highest BCUT2D eigenvalue weighted by atomic mass is 16.7. The normalized spacial score (nSPS) is 17.2. The quantitative estimate of drug-likeness (QED) is 0.257. The van der Waals surface area contributed by atoms with E-state index in [1.807, 2.05) is 30.3 Å². The third-order valence-electron chi connectivity index (χ3n) is 2.87. The first-order valence-corrected chi connectivity index (χ1v) is 6.94. The Labute approximate surface area is 133 Å². The summed E-state index contributed by atoms with van der Waals surface area (Å²) in [7, 11) is 0. The first-order chi connectivity index (χ1) is 10.8. The van der Waals surface area contributed by atoms with Crippen molar-refractivity contribution in [2.45, 2.75) is 26.6 Å². The predicted molar refractivity (Wildman–Crippen MR) is 82.9 cm³/mol. The number of cyclic esters (lactones) is 2. The number of aliphatic hydroxyl groups is 1.